The Morgan fingerprint density at radius 1 is 0.216 bits per heavy atom. The van der Waals surface area contributed by atoms with Crippen molar-refractivity contribution in [2.45, 2.75) is 315 Å². The van der Waals surface area contributed by atoms with Gasteiger partial charge >= 0.3 is 0 Å². The van der Waals surface area contributed by atoms with Crippen LogP contribution in [0.5, 0.6) is 0 Å². The zero-order valence-electron chi connectivity index (χ0n) is 36.8. The lowest BCUT2D eigenvalue weighted by Crippen LogP contribution is -2.43. The molecule has 0 fully saturated rings. The summed E-state index contributed by atoms with van der Waals surface area (Å²) >= 11 is 0. The molecular formula is C50H103N. The van der Waals surface area contributed by atoms with Crippen molar-refractivity contribution >= 4 is 0 Å². The Hall–Kier alpha value is -0.0400. The SMILES string of the molecule is CCCCCCCCCCCCCCCCC(CCCCCCCCCCCCCCCC)(CCCCCCCCCCCCCCCC)NC. The molecule has 0 saturated carbocycles. The van der Waals surface area contributed by atoms with Gasteiger partial charge in [0.1, 0.15) is 0 Å². The van der Waals surface area contributed by atoms with E-state index in [9.17, 15) is 0 Å². The Labute approximate surface area is 326 Å². The molecule has 0 unspecified atom stereocenters. The summed E-state index contributed by atoms with van der Waals surface area (Å²) in [4.78, 5) is 0. The molecule has 0 bridgehead atoms. The molecule has 0 radical (unpaired) electrons. The Morgan fingerprint density at radius 2 is 0.353 bits per heavy atom. The first-order valence-electron chi connectivity index (χ1n) is 24.9. The minimum Gasteiger partial charge on any atom is -0.314 e. The van der Waals surface area contributed by atoms with E-state index in [1.807, 2.05) is 0 Å². The van der Waals surface area contributed by atoms with Gasteiger partial charge in [-0.05, 0) is 26.3 Å². The standard InChI is InChI=1S/C50H103N/c1-5-8-11-14-17-20-23-26-29-32-35-38-41-44-47-50(51-4,48-45-42-39-36-33-30-27-24-21-18-15-12-9-6-2)49-46-43-40-37-34-31-28-25-22-19-16-13-10-7-3/h51H,5-49H2,1-4H3. The summed E-state index contributed by atoms with van der Waals surface area (Å²) in [6.07, 6.45) is 65.6. The molecular weight excluding hydrogens is 615 g/mol. The fourth-order valence-corrected chi connectivity index (χ4v) is 8.72. The summed E-state index contributed by atoms with van der Waals surface area (Å²) in [7, 11) is 2.30. The van der Waals surface area contributed by atoms with Crippen LogP contribution in [0, 0.1) is 0 Å². The smallest absolute Gasteiger partial charge is 0.0178 e. The maximum absolute atomic E-state index is 3.96. The van der Waals surface area contributed by atoms with Gasteiger partial charge in [-0.1, -0.05) is 290 Å². The van der Waals surface area contributed by atoms with Crippen LogP contribution in [0.2, 0.25) is 0 Å². The van der Waals surface area contributed by atoms with Gasteiger partial charge < -0.3 is 5.32 Å². The van der Waals surface area contributed by atoms with Crippen LogP contribution in [0.1, 0.15) is 310 Å². The first-order chi connectivity index (χ1) is 25.2. The molecule has 0 rings (SSSR count). The quantitative estimate of drug-likeness (QED) is 0.0618. The molecule has 0 aromatic carbocycles. The average Bonchev–Trinajstić information content (AvgIpc) is 3.14. The predicted octanol–water partition coefficient (Wildman–Crippen LogP) is 18.6. The van der Waals surface area contributed by atoms with Crippen molar-refractivity contribution in [3.05, 3.63) is 0 Å². The number of hydrogen-bond acceptors (Lipinski definition) is 1. The second kappa shape index (κ2) is 44.4. The van der Waals surface area contributed by atoms with Crippen molar-refractivity contribution < 1.29 is 0 Å². The molecule has 0 aliphatic rings. The molecule has 1 nitrogen and oxygen atoms in total. The lowest BCUT2D eigenvalue weighted by atomic mass is 9.81. The van der Waals surface area contributed by atoms with Crippen molar-refractivity contribution in [3.63, 3.8) is 0 Å². The average molecular weight is 718 g/mol. The van der Waals surface area contributed by atoms with Crippen LogP contribution < -0.4 is 5.32 Å². The molecule has 1 heteroatoms. The molecule has 0 aromatic rings. The third kappa shape index (κ3) is 39.5. The first-order valence-corrected chi connectivity index (χ1v) is 24.9. The van der Waals surface area contributed by atoms with Gasteiger partial charge in [-0.2, -0.15) is 0 Å². The highest BCUT2D eigenvalue weighted by Crippen LogP contribution is 2.29. The highest BCUT2D eigenvalue weighted by Gasteiger charge is 2.26. The maximum atomic E-state index is 3.96. The maximum Gasteiger partial charge on any atom is 0.0178 e. The minimum atomic E-state index is 0.408. The predicted molar refractivity (Wildman–Crippen MR) is 237 cm³/mol. The molecule has 0 atom stereocenters. The van der Waals surface area contributed by atoms with Crippen molar-refractivity contribution in [2.24, 2.45) is 0 Å². The van der Waals surface area contributed by atoms with E-state index in [1.54, 1.807) is 0 Å². The van der Waals surface area contributed by atoms with Crippen LogP contribution in [0.15, 0.2) is 0 Å². The summed E-state index contributed by atoms with van der Waals surface area (Å²) in [5.74, 6) is 0. The Balaban J connectivity index is 4.20. The number of unbranched alkanes of at least 4 members (excludes halogenated alkanes) is 39. The number of rotatable bonds is 46. The Morgan fingerprint density at radius 3 is 0.490 bits per heavy atom. The lowest BCUT2D eigenvalue weighted by Gasteiger charge is -2.34. The van der Waals surface area contributed by atoms with E-state index in [-0.39, 0.29) is 0 Å². The fourth-order valence-electron chi connectivity index (χ4n) is 8.72. The molecule has 1 N–H and O–H groups in total. The molecule has 0 amide bonds. The summed E-state index contributed by atoms with van der Waals surface area (Å²) < 4.78 is 0. The second-order valence-corrected chi connectivity index (χ2v) is 17.6. The van der Waals surface area contributed by atoms with Crippen molar-refractivity contribution in [2.75, 3.05) is 7.05 Å². The van der Waals surface area contributed by atoms with E-state index in [0.29, 0.717) is 5.54 Å². The van der Waals surface area contributed by atoms with Crippen LogP contribution in [0.25, 0.3) is 0 Å². The van der Waals surface area contributed by atoms with Crippen LogP contribution in [0.3, 0.4) is 0 Å². The van der Waals surface area contributed by atoms with Crippen molar-refractivity contribution in [3.8, 4) is 0 Å². The minimum absolute atomic E-state index is 0.408. The van der Waals surface area contributed by atoms with Crippen LogP contribution in [-0.4, -0.2) is 12.6 Å². The van der Waals surface area contributed by atoms with Gasteiger partial charge in [0.25, 0.3) is 0 Å². The normalized spacial score (nSPS) is 12.0. The fraction of sp³-hybridized carbons (Fsp3) is 1.00. The highest BCUT2D eigenvalue weighted by molar-refractivity contribution is 4.86. The molecule has 0 aliphatic carbocycles. The molecule has 0 aromatic heterocycles. The molecule has 0 spiro atoms. The van der Waals surface area contributed by atoms with Crippen LogP contribution in [0.4, 0.5) is 0 Å². The number of hydrogen-bond donors (Lipinski definition) is 1. The number of nitrogens with one attached hydrogen (secondary N) is 1. The van der Waals surface area contributed by atoms with Crippen LogP contribution in [-0.2, 0) is 0 Å². The Bertz CT molecular complexity index is 519. The molecule has 0 heterocycles. The third-order valence-electron chi connectivity index (χ3n) is 12.6. The molecule has 51 heavy (non-hydrogen) atoms. The van der Waals surface area contributed by atoms with Crippen molar-refractivity contribution in [1.82, 2.24) is 5.32 Å². The van der Waals surface area contributed by atoms with Gasteiger partial charge in [0, 0.05) is 5.54 Å². The zero-order valence-corrected chi connectivity index (χ0v) is 36.8. The monoisotopic (exact) mass is 718 g/mol. The van der Waals surface area contributed by atoms with E-state index in [2.05, 4.69) is 33.1 Å². The summed E-state index contributed by atoms with van der Waals surface area (Å²) in [6, 6.07) is 0. The van der Waals surface area contributed by atoms with Gasteiger partial charge in [-0.15, -0.1) is 0 Å². The summed E-state index contributed by atoms with van der Waals surface area (Å²) in [5.41, 5.74) is 0.408. The van der Waals surface area contributed by atoms with Gasteiger partial charge in [0.05, 0.1) is 0 Å². The van der Waals surface area contributed by atoms with Gasteiger partial charge in [0.2, 0.25) is 0 Å². The van der Waals surface area contributed by atoms with Gasteiger partial charge in [-0.3, -0.25) is 0 Å². The van der Waals surface area contributed by atoms with E-state index < -0.39 is 0 Å². The van der Waals surface area contributed by atoms with Gasteiger partial charge in [0.15, 0.2) is 0 Å². The van der Waals surface area contributed by atoms with E-state index in [4.69, 9.17) is 0 Å². The summed E-state index contributed by atoms with van der Waals surface area (Å²) in [6.45, 7) is 6.96. The second-order valence-electron chi connectivity index (χ2n) is 17.6. The van der Waals surface area contributed by atoms with Crippen LogP contribution >= 0.6 is 0 Å². The van der Waals surface area contributed by atoms with E-state index >= 15 is 0 Å². The first kappa shape index (κ1) is 51.0. The zero-order chi connectivity index (χ0) is 37.0. The topological polar surface area (TPSA) is 12.0 Å². The molecule has 0 aliphatic heterocycles. The highest BCUT2D eigenvalue weighted by atomic mass is 14.9. The lowest BCUT2D eigenvalue weighted by molar-refractivity contribution is 0.252. The van der Waals surface area contributed by atoms with E-state index in [0.717, 1.165) is 0 Å². The third-order valence-corrected chi connectivity index (χ3v) is 12.6. The van der Waals surface area contributed by atoms with Gasteiger partial charge in [-0.25, -0.2) is 0 Å². The van der Waals surface area contributed by atoms with E-state index in [1.165, 1.54) is 289 Å². The Kier molecular flexibility index (Phi) is 44.3. The largest absolute Gasteiger partial charge is 0.314 e. The molecule has 308 valence electrons. The summed E-state index contributed by atoms with van der Waals surface area (Å²) in [5, 5.41) is 3.96. The molecule has 0 saturated heterocycles. The van der Waals surface area contributed by atoms with Crippen molar-refractivity contribution in [1.29, 1.82) is 0 Å².